The number of hydrogen-bond donors (Lipinski definition) is 1. The minimum atomic E-state index is -0.313. The molecule has 5 nitrogen and oxygen atoms in total. The molecule has 2 aromatic heterocycles. The van der Waals surface area contributed by atoms with E-state index in [9.17, 15) is 9.59 Å². The highest BCUT2D eigenvalue weighted by Crippen LogP contribution is 2.15. The molecule has 1 amide bonds. The van der Waals surface area contributed by atoms with Crippen molar-refractivity contribution in [3.8, 4) is 0 Å². The van der Waals surface area contributed by atoms with Gasteiger partial charge in [0.2, 0.25) is 0 Å². The summed E-state index contributed by atoms with van der Waals surface area (Å²) in [6, 6.07) is 17.6. The SMILES string of the molecule is O=C(NC(Cn1ccccc1=O)c1ccccc1)c1ccncc1. The molecule has 1 aromatic carbocycles. The van der Waals surface area contributed by atoms with Crippen LogP contribution in [-0.2, 0) is 6.54 Å². The van der Waals surface area contributed by atoms with Gasteiger partial charge in [0.25, 0.3) is 11.5 Å². The van der Waals surface area contributed by atoms with E-state index in [1.54, 1.807) is 47.4 Å². The average Bonchev–Trinajstić information content (AvgIpc) is 2.64. The molecule has 1 N–H and O–H groups in total. The molecule has 0 bridgehead atoms. The molecule has 2 heterocycles. The van der Waals surface area contributed by atoms with E-state index in [1.165, 1.54) is 6.07 Å². The molecule has 1 atom stereocenters. The number of rotatable bonds is 5. The monoisotopic (exact) mass is 319 g/mol. The Hall–Kier alpha value is -3.21. The highest BCUT2D eigenvalue weighted by atomic mass is 16.2. The third kappa shape index (κ3) is 3.76. The molecule has 1 unspecified atom stereocenters. The van der Waals surface area contributed by atoms with Crippen LogP contribution in [0.15, 0.2) is 84.0 Å². The quantitative estimate of drug-likeness (QED) is 0.785. The fourth-order valence-corrected chi connectivity index (χ4v) is 2.47. The summed E-state index contributed by atoms with van der Waals surface area (Å²) in [4.78, 5) is 28.4. The highest BCUT2D eigenvalue weighted by Gasteiger charge is 2.16. The number of hydrogen-bond acceptors (Lipinski definition) is 3. The predicted molar refractivity (Wildman–Crippen MR) is 91.6 cm³/mol. The van der Waals surface area contributed by atoms with Crippen molar-refractivity contribution in [2.24, 2.45) is 0 Å². The molecule has 0 aliphatic carbocycles. The van der Waals surface area contributed by atoms with Gasteiger partial charge in [-0.05, 0) is 23.8 Å². The molecule has 0 aliphatic rings. The Labute approximate surface area is 139 Å². The first-order valence-electron chi connectivity index (χ1n) is 7.65. The lowest BCUT2D eigenvalue weighted by molar-refractivity contribution is 0.0932. The highest BCUT2D eigenvalue weighted by molar-refractivity contribution is 5.94. The maximum atomic E-state index is 12.5. The first kappa shape index (κ1) is 15.7. The Kier molecular flexibility index (Phi) is 4.81. The Bertz CT molecular complexity index is 860. The van der Waals surface area contributed by atoms with E-state index in [1.807, 2.05) is 30.3 Å². The second-order valence-electron chi connectivity index (χ2n) is 5.36. The van der Waals surface area contributed by atoms with Crippen molar-refractivity contribution in [2.75, 3.05) is 0 Å². The van der Waals surface area contributed by atoms with Gasteiger partial charge in [0.05, 0.1) is 12.6 Å². The summed E-state index contributed by atoms with van der Waals surface area (Å²) in [5.74, 6) is -0.199. The van der Waals surface area contributed by atoms with Crippen LogP contribution < -0.4 is 10.9 Å². The van der Waals surface area contributed by atoms with Crippen LogP contribution in [0.2, 0.25) is 0 Å². The molecule has 0 fully saturated rings. The predicted octanol–water partition coefficient (Wildman–Crippen LogP) is 2.41. The first-order chi connectivity index (χ1) is 11.7. The van der Waals surface area contributed by atoms with Crippen molar-refractivity contribution < 1.29 is 4.79 Å². The fraction of sp³-hybridized carbons (Fsp3) is 0.105. The number of aromatic nitrogens is 2. The van der Waals surface area contributed by atoms with Gasteiger partial charge in [-0.2, -0.15) is 0 Å². The van der Waals surface area contributed by atoms with Gasteiger partial charge in [-0.1, -0.05) is 36.4 Å². The second kappa shape index (κ2) is 7.37. The third-order valence-electron chi connectivity index (χ3n) is 3.73. The first-order valence-corrected chi connectivity index (χ1v) is 7.65. The van der Waals surface area contributed by atoms with Crippen LogP contribution >= 0.6 is 0 Å². The van der Waals surface area contributed by atoms with E-state index >= 15 is 0 Å². The molecule has 24 heavy (non-hydrogen) atoms. The summed E-state index contributed by atoms with van der Waals surface area (Å²) >= 11 is 0. The molecule has 0 aliphatic heterocycles. The lowest BCUT2D eigenvalue weighted by atomic mass is 10.1. The molecule has 3 aromatic rings. The van der Waals surface area contributed by atoms with E-state index in [4.69, 9.17) is 0 Å². The summed E-state index contributed by atoms with van der Waals surface area (Å²) in [6.45, 7) is 0.362. The molecule has 0 saturated heterocycles. The van der Waals surface area contributed by atoms with E-state index in [0.717, 1.165) is 5.56 Å². The van der Waals surface area contributed by atoms with Crippen LogP contribution in [-0.4, -0.2) is 15.5 Å². The number of amides is 1. The number of benzene rings is 1. The smallest absolute Gasteiger partial charge is 0.251 e. The molecular formula is C19H17N3O2. The number of carbonyl (C=O) groups excluding carboxylic acids is 1. The Morgan fingerprint density at radius 3 is 2.42 bits per heavy atom. The maximum absolute atomic E-state index is 12.5. The minimum Gasteiger partial charge on any atom is -0.343 e. The van der Waals surface area contributed by atoms with Gasteiger partial charge in [0, 0.05) is 30.2 Å². The molecular weight excluding hydrogens is 302 g/mol. The topological polar surface area (TPSA) is 64.0 Å². The summed E-state index contributed by atoms with van der Waals surface area (Å²) in [5.41, 5.74) is 1.37. The summed E-state index contributed by atoms with van der Waals surface area (Å²) < 4.78 is 1.59. The normalized spacial score (nSPS) is 11.7. The zero-order valence-corrected chi connectivity index (χ0v) is 13.0. The van der Waals surface area contributed by atoms with Gasteiger partial charge < -0.3 is 9.88 Å². The van der Waals surface area contributed by atoms with Crippen LogP contribution in [0.5, 0.6) is 0 Å². The number of nitrogens with one attached hydrogen (secondary N) is 1. The molecule has 0 radical (unpaired) electrons. The van der Waals surface area contributed by atoms with Crippen LogP contribution in [0.25, 0.3) is 0 Å². The van der Waals surface area contributed by atoms with Crippen molar-refractivity contribution >= 4 is 5.91 Å². The van der Waals surface area contributed by atoms with Crippen LogP contribution in [0.1, 0.15) is 22.0 Å². The van der Waals surface area contributed by atoms with Crippen molar-refractivity contribution in [3.05, 3.63) is 101 Å². The van der Waals surface area contributed by atoms with E-state index in [-0.39, 0.29) is 17.5 Å². The van der Waals surface area contributed by atoms with Crippen molar-refractivity contribution in [1.82, 2.24) is 14.9 Å². The maximum Gasteiger partial charge on any atom is 0.251 e. The van der Waals surface area contributed by atoms with Gasteiger partial charge >= 0.3 is 0 Å². The average molecular weight is 319 g/mol. The van der Waals surface area contributed by atoms with Gasteiger partial charge in [-0.3, -0.25) is 14.6 Å². The molecule has 5 heteroatoms. The fourth-order valence-electron chi connectivity index (χ4n) is 2.47. The van der Waals surface area contributed by atoms with E-state index in [2.05, 4.69) is 10.3 Å². The second-order valence-corrected chi connectivity index (χ2v) is 5.36. The lowest BCUT2D eigenvalue weighted by Crippen LogP contribution is -2.34. The van der Waals surface area contributed by atoms with E-state index < -0.39 is 0 Å². The van der Waals surface area contributed by atoms with Crippen LogP contribution in [0.4, 0.5) is 0 Å². The summed E-state index contributed by atoms with van der Waals surface area (Å²) in [7, 11) is 0. The zero-order valence-electron chi connectivity index (χ0n) is 13.0. The van der Waals surface area contributed by atoms with Crippen LogP contribution in [0.3, 0.4) is 0 Å². The van der Waals surface area contributed by atoms with Crippen LogP contribution in [0, 0.1) is 0 Å². The standard InChI is InChI=1S/C19H17N3O2/c23-18-8-4-5-13-22(18)14-17(15-6-2-1-3-7-15)21-19(24)16-9-11-20-12-10-16/h1-13,17H,14H2,(H,21,24). The summed E-state index contributed by atoms with van der Waals surface area (Å²) in [6.07, 6.45) is 4.87. The number of nitrogens with zero attached hydrogens (tertiary/aromatic N) is 2. The number of pyridine rings is 2. The van der Waals surface area contributed by atoms with Gasteiger partial charge in [-0.15, -0.1) is 0 Å². The minimum absolute atomic E-state index is 0.100. The van der Waals surface area contributed by atoms with Gasteiger partial charge in [-0.25, -0.2) is 0 Å². The van der Waals surface area contributed by atoms with Gasteiger partial charge in [0.1, 0.15) is 0 Å². The Morgan fingerprint density at radius 2 is 1.71 bits per heavy atom. The van der Waals surface area contributed by atoms with Crippen molar-refractivity contribution in [2.45, 2.75) is 12.6 Å². The van der Waals surface area contributed by atoms with Crippen molar-refractivity contribution in [3.63, 3.8) is 0 Å². The molecule has 0 spiro atoms. The molecule has 120 valence electrons. The van der Waals surface area contributed by atoms with Crippen molar-refractivity contribution in [1.29, 1.82) is 0 Å². The lowest BCUT2D eigenvalue weighted by Gasteiger charge is -2.20. The largest absolute Gasteiger partial charge is 0.343 e. The van der Waals surface area contributed by atoms with Gasteiger partial charge in [0.15, 0.2) is 0 Å². The van der Waals surface area contributed by atoms with E-state index in [0.29, 0.717) is 12.1 Å². The molecule has 0 saturated carbocycles. The number of carbonyl (C=O) groups is 1. The summed E-state index contributed by atoms with van der Waals surface area (Å²) in [5, 5.41) is 3.00. The Morgan fingerprint density at radius 1 is 1.00 bits per heavy atom. The Balaban J connectivity index is 1.87. The zero-order chi connectivity index (χ0) is 16.8. The molecule has 3 rings (SSSR count). The third-order valence-corrected chi connectivity index (χ3v) is 3.73.